The van der Waals surface area contributed by atoms with Gasteiger partial charge in [-0.2, -0.15) is 0 Å². The van der Waals surface area contributed by atoms with Gasteiger partial charge in [-0.15, -0.1) is 0 Å². The molecular formula is C16H22N4. The maximum Gasteiger partial charge on any atom is 0.161 e. The lowest BCUT2D eigenvalue weighted by Crippen LogP contribution is -2.16. The lowest BCUT2D eigenvalue weighted by Gasteiger charge is -2.20. The number of nitrogens with one attached hydrogen (secondary N) is 1. The van der Waals surface area contributed by atoms with Crippen LogP contribution in [0, 0.1) is 0 Å². The van der Waals surface area contributed by atoms with E-state index in [4.69, 9.17) is 0 Å². The highest BCUT2D eigenvalue weighted by atomic mass is 15.1. The van der Waals surface area contributed by atoms with Gasteiger partial charge >= 0.3 is 0 Å². The van der Waals surface area contributed by atoms with Gasteiger partial charge in [-0.3, -0.25) is 0 Å². The zero-order valence-corrected chi connectivity index (χ0v) is 12.6. The molecule has 1 atom stereocenters. The molecule has 0 aliphatic carbocycles. The minimum atomic E-state index is 0.401. The summed E-state index contributed by atoms with van der Waals surface area (Å²) in [6, 6.07) is 10.7. The first kappa shape index (κ1) is 14.5. The molecular weight excluding hydrogens is 248 g/mol. The fraction of sp³-hybridized carbons (Fsp3) is 0.375. The second-order valence-corrected chi connectivity index (χ2v) is 5.06. The molecule has 1 heterocycles. The number of hydrogen-bond donors (Lipinski definition) is 1. The van der Waals surface area contributed by atoms with Crippen LogP contribution < -0.4 is 5.32 Å². The monoisotopic (exact) mass is 270 g/mol. The molecule has 2 rings (SSSR count). The molecule has 20 heavy (non-hydrogen) atoms. The van der Waals surface area contributed by atoms with Crippen molar-refractivity contribution in [3.05, 3.63) is 42.1 Å². The minimum absolute atomic E-state index is 0.401. The van der Waals surface area contributed by atoms with Gasteiger partial charge in [0.15, 0.2) is 5.82 Å². The number of anilines is 1. The lowest BCUT2D eigenvalue weighted by molar-refractivity contribution is 0.321. The first-order chi connectivity index (χ1) is 9.61. The van der Waals surface area contributed by atoms with Gasteiger partial charge in [0.1, 0.15) is 5.82 Å². The van der Waals surface area contributed by atoms with Crippen LogP contribution in [0.4, 0.5) is 5.82 Å². The molecule has 0 aliphatic rings. The Balaban J connectivity index is 2.23. The van der Waals surface area contributed by atoms with Crippen molar-refractivity contribution in [1.29, 1.82) is 0 Å². The van der Waals surface area contributed by atoms with E-state index >= 15 is 0 Å². The van der Waals surface area contributed by atoms with E-state index in [2.05, 4.69) is 72.4 Å². The molecule has 0 unspecified atom stereocenters. The second-order valence-electron chi connectivity index (χ2n) is 5.06. The largest absolute Gasteiger partial charge is 0.370 e. The van der Waals surface area contributed by atoms with E-state index < -0.39 is 0 Å². The first-order valence-electron chi connectivity index (χ1n) is 6.95. The van der Waals surface area contributed by atoms with Crippen molar-refractivity contribution in [3.63, 3.8) is 0 Å². The van der Waals surface area contributed by atoms with Crippen molar-refractivity contribution in [2.75, 3.05) is 26.0 Å². The third kappa shape index (κ3) is 3.33. The Morgan fingerprint density at radius 3 is 2.45 bits per heavy atom. The molecule has 1 aromatic carbocycles. The number of aromatic nitrogens is 2. The van der Waals surface area contributed by atoms with Crippen molar-refractivity contribution in [2.24, 2.45) is 0 Å². The average molecular weight is 270 g/mol. The molecule has 0 aliphatic heterocycles. The van der Waals surface area contributed by atoms with Crippen molar-refractivity contribution < 1.29 is 0 Å². The van der Waals surface area contributed by atoms with Crippen LogP contribution in [0.1, 0.15) is 25.5 Å². The zero-order chi connectivity index (χ0) is 14.5. The Morgan fingerprint density at radius 1 is 1.15 bits per heavy atom. The van der Waals surface area contributed by atoms with Gasteiger partial charge in [0.25, 0.3) is 0 Å². The van der Waals surface area contributed by atoms with Gasteiger partial charge in [0, 0.05) is 24.3 Å². The van der Waals surface area contributed by atoms with Crippen molar-refractivity contribution >= 4 is 5.82 Å². The van der Waals surface area contributed by atoms with Crippen LogP contribution in [0.2, 0.25) is 0 Å². The fourth-order valence-corrected chi connectivity index (χ4v) is 1.99. The van der Waals surface area contributed by atoms with Crippen molar-refractivity contribution in [2.45, 2.75) is 19.9 Å². The molecule has 0 amide bonds. The third-order valence-corrected chi connectivity index (χ3v) is 3.44. The molecule has 0 spiro atoms. The third-order valence-electron chi connectivity index (χ3n) is 3.44. The summed E-state index contributed by atoms with van der Waals surface area (Å²) in [6.45, 7) is 5.10. The van der Waals surface area contributed by atoms with Crippen LogP contribution in [0.5, 0.6) is 0 Å². The van der Waals surface area contributed by atoms with E-state index in [0.29, 0.717) is 6.04 Å². The maximum absolute atomic E-state index is 4.51. The first-order valence-corrected chi connectivity index (χ1v) is 6.95. The Kier molecular flexibility index (Phi) is 4.69. The fourth-order valence-electron chi connectivity index (χ4n) is 1.99. The van der Waals surface area contributed by atoms with Crippen LogP contribution in [0.15, 0.2) is 36.5 Å². The van der Waals surface area contributed by atoms with E-state index in [-0.39, 0.29) is 0 Å². The maximum atomic E-state index is 4.51. The molecule has 4 heteroatoms. The summed E-state index contributed by atoms with van der Waals surface area (Å²) in [7, 11) is 4.17. The van der Waals surface area contributed by atoms with Crippen molar-refractivity contribution in [1.82, 2.24) is 14.9 Å². The van der Waals surface area contributed by atoms with Crippen molar-refractivity contribution in [3.8, 4) is 11.4 Å². The van der Waals surface area contributed by atoms with E-state index in [9.17, 15) is 0 Å². The number of rotatable bonds is 5. The van der Waals surface area contributed by atoms with Gasteiger partial charge in [0.05, 0.1) is 0 Å². The van der Waals surface area contributed by atoms with E-state index in [1.165, 1.54) is 5.56 Å². The van der Waals surface area contributed by atoms with Gasteiger partial charge in [-0.25, -0.2) is 9.97 Å². The second kappa shape index (κ2) is 6.48. The van der Waals surface area contributed by atoms with E-state index in [1.54, 1.807) is 6.20 Å². The van der Waals surface area contributed by atoms with Gasteiger partial charge in [-0.1, -0.05) is 24.3 Å². The van der Waals surface area contributed by atoms with Crippen LogP contribution in [0.3, 0.4) is 0 Å². The van der Waals surface area contributed by atoms with E-state index in [0.717, 1.165) is 23.8 Å². The highest BCUT2D eigenvalue weighted by Crippen LogP contribution is 2.22. The smallest absolute Gasteiger partial charge is 0.161 e. The van der Waals surface area contributed by atoms with Gasteiger partial charge in [0.2, 0.25) is 0 Å². The molecule has 4 nitrogen and oxygen atoms in total. The van der Waals surface area contributed by atoms with Gasteiger partial charge in [-0.05, 0) is 39.6 Å². The molecule has 106 valence electrons. The summed E-state index contributed by atoms with van der Waals surface area (Å²) in [5.74, 6) is 1.62. The molecule has 0 saturated carbocycles. The topological polar surface area (TPSA) is 41.1 Å². The normalized spacial score (nSPS) is 12.4. The Hall–Kier alpha value is -1.94. The predicted octanol–water partition coefficient (Wildman–Crippen LogP) is 3.20. The molecule has 0 fully saturated rings. The summed E-state index contributed by atoms with van der Waals surface area (Å²) in [5, 5.41) is 3.20. The highest BCUT2D eigenvalue weighted by Gasteiger charge is 2.08. The standard InChI is InChI=1S/C16H22N4/c1-5-17-15-10-11-18-16(19-15)14-8-6-13(7-9-14)12(2)20(3)4/h6-12H,5H2,1-4H3,(H,17,18,19)/t12-/m1/s1. The lowest BCUT2D eigenvalue weighted by atomic mass is 10.1. The highest BCUT2D eigenvalue weighted by molar-refractivity contribution is 5.57. The average Bonchev–Trinajstić information content (AvgIpc) is 2.47. The predicted molar refractivity (Wildman–Crippen MR) is 83.7 cm³/mol. The van der Waals surface area contributed by atoms with Crippen LogP contribution in [-0.4, -0.2) is 35.5 Å². The number of nitrogens with zero attached hydrogens (tertiary/aromatic N) is 3. The summed E-state index contributed by atoms with van der Waals surface area (Å²) < 4.78 is 0. The Labute approximate surface area is 120 Å². The molecule has 1 aromatic heterocycles. The zero-order valence-electron chi connectivity index (χ0n) is 12.6. The molecule has 0 saturated heterocycles. The summed E-state index contributed by atoms with van der Waals surface area (Å²) in [6.07, 6.45) is 1.79. The Bertz CT molecular complexity index is 549. The van der Waals surface area contributed by atoms with Crippen LogP contribution in [-0.2, 0) is 0 Å². The minimum Gasteiger partial charge on any atom is -0.370 e. The number of benzene rings is 1. The summed E-state index contributed by atoms with van der Waals surface area (Å²) in [5.41, 5.74) is 2.33. The molecule has 0 radical (unpaired) electrons. The molecule has 2 aromatic rings. The number of hydrogen-bond acceptors (Lipinski definition) is 4. The molecule has 0 bridgehead atoms. The summed E-state index contributed by atoms with van der Waals surface area (Å²) in [4.78, 5) is 11.0. The summed E-state index contributed by atoms with van der Waals surface area (Å²) >= 11 is 0. The quantitative estimate of drug-likeness (QED) is 0.906. The SMILES string of the molecule is CCNc1ccnc(-c2ccc([C@@H](C)N(C)C)cc2)n1. The van der Waals surface area contributed by atoms with Crippen LogP contribution >= 0.6 is 0 Å². The Morgan fingerprint density at radius 2 is 1.85 bits per heavy atom. The van der Waals surface area contributed by atoms with E-state index in [1.807, 2.05) is 6.07 Å². The van der Waals surface area contributed by atoms with Gasteiger partial charge < -0.3 is 10.2 Å². The van der Waals surface area contributed by atoms with Crippen LogP contribution in [0.25, 0.3) is 11.4 Å². The molecule has 1 N–H and O–H groups in total.